The Labute approximate surface area is 236 Å². The molecule has 0 fully saturated rings. The highest BCUT2D eigenvalue weighted by Crippen LogP contribution is 2.49. The number of carbonyl (C=O) groups is 2. The number of nitrogens with one attached hydrogen (secondary N) is 1. The van der Waals surface area contributed by atoms with Crippen molar-refractivity contribution in [3.8, 4) is 11.5 Å². The molecule has 1 aliphatic heterocycles. The van der Waals surface area contributed by atoms with Crippen molar-refractivity contribution in [2.45, 2.75) is 45.6 Å². The third kappa shape index (κ3) is 4.81. The normalized spacial score (nSPS) is 18.3. The van der Waals surface area contributed by atoms with Crippen LogP contribution in [0, 0.1) is 0 Å². The van der Waals surface area contributed by atoms with E-state index < -0.39 is 6.04 Å². The molecule has 0 saturated carbocycles. The highest BCUT2D eigenvalue weighted by Gasteiger charge is 2.41. The summed E-state index contributed by atoms with van der Waals surface area (Å²) in [5.74, 6) is 1.08. The Balaban J connectivity index is 1.66. The third-order valence-electron chi connectivity index (χ3n) is 8.04. The quantitative estimate of drug-likeness (QED) is 0.371. The number of hydrogen-bond donors (Lipinski definition) is 1. The van der Waals surface area contributed by atoms with Gasteiger partial charge in [0.15, 0.2) is 17.3 Å². The topological polar surface area (TPSA) is 71.1 Å². The molecule has 0 saturated heterocycles. The van der Waals surface area contributed by atoms with Gasteiger partial charge < -0.3 is 19.7 Å². The van der Waals surface area contributed by atoms with E-state index in [1.54, 1.807) is 26.0 Å². The van der Waals surface area contributed by atoms with Gasteiger partial charge in [0.2, 0.25) is 5.91 Å². The lowest BCUT2D eigenvalue weighted by Crippen LogP contribution is -2.37. The van der Waals surface area contributed by atoms with Gasteiger partial charge in [-0.25, -0.2) is 0 Å². The van der Waals surface area contributed by atoms with Gasteiger partial charge in [0.05, 0.1) is 31.6 Å². The van der Waals surface area contributed by atoms with Crippen LogP contribution in [0.4, 0.5) is 17.1 Å². The predicted molar refractivity (Wildman–Crippen MR) is 160 cm³/mol. The number of amides is 1. The van der Waals surface area contributed by atoms with E-state index in [0.29, 0.717) is 29.9 Å². The standard InChI is InChI=1S/C33H37N3O4/c1-6-35(7-2)24-17-15-22(16-18-24)32-31-27(34-26-12-8-9-13-28(26)36(32)21(3)37)19-23(20-29(31)38)25-11-10-14-30(39-4)33(25)40-5/h8-18,23,32,34H,6-7,19-20H2,1-5H3. The monoisotopic (exact) mass is 539 g/mol. The van der Waals surface area contributed by atoms with Crippen LogP contribution in [0.1, 0.15) is 56.7 Å². The van der Waals surface area contributed by atoms with Crippen LogP contribution in [0.15, 0.2) is 78.0 Å². The van der Waals surface area contributed by atoms with Gasteiger partial charge in [-0.05, 0) is 56.2 Å². The first kappa shape index (κ1) is 27.3. The summed E-state index contributed by atoms with van der Waals surface area (Å²) in [7, 11) is 3.24. The van der Waals surface area contributed by atoms with Crippen LogP contribution in [0.5, 0.6) is 11.5 Å². The molecule has 208 valence electrons. The van der Waals surface area contributed by atoms with Crippen molar-refractivity contribution in [1.82, 2.24) is 0 Å². The lowest BCUT2D eigenvalue weighted by atomic mass is 9.78. The number of para-hydroxylation sites is 3. The Bertz CT molecular complexity index is 1440. The van der Waals surface area contributed by atoms with Gasteiger partial charge in [0.1, 0.15) is 0 Å². The molecule has 2 unspecified atom stereocenters. The van der Waals surface area contributed by atoms with E-state index in [1.165, 1.54) is 0 Å². The molecule has 0 aromatic heterocycles. The number of ether oxygens (including phenoxy) is 2. The molecule has 0 radical (unpaired) electrons. The molecule has 1 aliphatic carbocycles. The fourth-order valence-electron chi connectivity index (χ4n) is 6.16. The molecule has 5 rings (SSSR count). The zero-order valence-electron chi connectivity index (χ0n) is 23.9. The molecule has 3 aromatic carbocycles. The minimum atomic E-state index is -0.546. The van der Waals surface area contributed by atoms with Crippen LogP contribution in [0.25, 0.3) is 0 Å². The number of rotatable bonds is 7. The Hall–Kier alpha value is -4.26. The number of nitrogens with zero attached hydrogens (tertiary/aromatic N) is 2. The van der Waals surface area contributed by atoms with Gasteiger partial charge in [0, 0.05) is 54.9 Å². The zero-order chi connectivity index (χ0) is 28.4. The van der Waals surface area contributed by atoms with Crippen LogP contribution < -0.4 is 24.6 Å². The summed E-state index contributed by atoms with van der Waals surface area (Å²) in [6.45, 7) is 7.64. The van der Waals surface area contributed by atoms with E-state index in [2.05, 4.69) is 48.3 Å². The predicted octanol–water partition coefficient (Wildman–Crippen LogP) is 6.47. The maximum Gasteiger partial charge on any atom is 0.224 e. The van der Waals surface area contributed by atoms with Crippen molar-refractivity contribution in [2.24, 2.45) is 0 Å². The van der Waals surface area contributed by atoms with E-state index in [0.717, 1.165) is 47.0 Å². The molecule has 0 spiro atoms. The fourth-order valence-corrected chi connectivity index (χ4v) is 6.16. The van der Waals surface area contributed by atoms with E-state index in [4.69, 9.17) is 9.47 Å². The minimum absolute atomic E-state index is 0.0144. The van der Waals surface area contributed by atoms with Crippen molar-refractivity contribution < 1.29 is 19.1 Å². The Kier molecular flexibility index (Phi) is 7.83. The average molecular weight is 540 g/mol. The summed E-state index contributed by atoms with van der Waals surface area (Å²) >= 11 is 0. The van der Waals surface area contributed by atoms with Crippen LogP contribution in [-0.4, -0.2) is 39.0 Å². The fraction of sp³-hybridized carbons (Fsp3) is 0.333. The summed E-state index contributed by atoms with van der Waals surface area (Å²) in [5, 5.41) is 3.57. The lowest BCUT2D eigenvalue weighted by Gasteiger charge is -2.35. The second kappa shape index (κ2) is 11.5. The third-order valence-corrected chi connectivity index (χ3v) is 8.04. The largest absolute Gasteiger partial charge is 0.493 e. The number of allylic oxidation sites excluding steroid dienone is 1. The minimum Gasteiger partial charge on any atom is -0.493 e. The molecule has 1 heterocycles. The van der Waals surface area contributed by atoms with E-state index in [9.17, 15) is 9.59 Å². The summed E-state index contributed by atoms with van der Waals surface area (Å²) < 4.78 is 11.3. The van der Waals surface area contributed by atoms with Crippen molar-refractivity contribution in [1.29, 1.82) is 0 Å². The second-order valence-electron chi connectivity index (χ2n) is 10.2. The van der Waals surface area contributed by atoms with E-state index >= 15 is 0 Å². The van der Waals surface area contributed by atoms with Crippen LogP contribution >= 0.6 is 0 Å². The zero-order valence-corrected chi connectivity index (χ0v) is 23.9. The van der Waals surface area contributed by atoms with Gasteiger partial charge in [-0.2, -0.15) is 0 Å². The molecule has 0 bridgehead atoms. The highest BCUT2D eigenvalue weighted by atomic mass is 16.5. The molecule has 2 aliphatic rings. The first-order valence-corrected chi connectivity index (χ1v) is 13.9. The van der Waals surface area contributed by atoms with E-state index in [-0.39, 0.29) is 17.6 Å². The van der Waals surface area contributed by atoms with Gasteiger partial charge in [-0.15, -0.1) is 0 Å². The van der Waals surface area contributed by atoms with Crippen LogP contribution in [0.2, 0.25) is 0 Å². The number of hydrogen-bond acceptors (Lipinski definition) is 6. The maximum absolute atomic E-state index is 14.2. The van der Waals surface area contributed by atoms with Gasteiger partial charge >= 0.3 is 0 Å². The molecule has 7 heteroatoms. The number of ketones is 1. The second-order valence-corrected chi connectivity index (χ2v) is 10.2. The maximum atomic E-state index is 14.2. The molecular formula is C33H37N3O4. The van der Waals surface area contributed by atoms with Crippen molar-refractivity contribution in [3.05, 3.63) is 89.1 Å². The molecule has 1 N–H and O–H groups in total. The number of methoxy groups -OCH3 is 2. The molecule has 1 amide bonds. The number of carbonyl (C=O) groups excluding carboxylic acids is 2. The summed E-state index contributed by atoms with van der Waals surface area (Å²) in [5.41, 5.74) is 5.99. The molecule has 40 heavy (non-hydrogen) atoms. The number of anilines is 3. The Morgan fingerprint density at radius 1 is 0.950 bits per heavy atom. The number of Topliss-reactive ketones (excluding diaryl/α,β-unsaturated/α-hetero) is 1. The molecular weight excluding hydrogens is 502 g/mol. The smallest absolute Gasteiger partial charge is 0.224 e. The van der Waals surface area contributed by atoms with Gasteiger partial charge in [-0.1, -0.05) is 36.4 Å². The first-order chi connectivity index (χ1) is 19.4. The van der Waals surface area contributed by atoms with Gasteiger partial charge in [0.25, 0.3) is 0 Å². The van der Waals surface area contributed by atoms with Crippen LogP contribution in [0.3, 0.4) is 0 Å². The first-order valence-electron chi connectivity index (χ1n) is 13.9. The van der Waals surface area contributed by atoms with Crippen molar-refractivity contribution in [3.63, 3.8) is 0 Å². The summed E-state index contributed by atoms with van der Waals surface area (Å²) in [6, 6.07) is 21.3. The average Bonchev–Trinajstić information content (AvgIpc) is 3.12. The lowest BCUT2D eigenvalue weighted by molar-refractivity contribution is -0.117. The molecule has 7 nitrogen and oxygen atoms in total. The Morgan fingerprint density at radius 3 is 2.33 bits per heavy atom. The Morgan fingerprint density at radius 2 is 1.68 bits per heavy atom. The highest BCUT2D eigenvalue weighted by molar-refractivity contribution is 6.06. The van der Waals surface area contributed by atoms with Crippen LogP contribution in [-0.2, 0) is 9.59 Å². The molecule has 2 atom stereocenters. The summed E-state index contributed by atoms with van der Waals surface area (Å²) in [6.07, 6.45) is 0.902. The number of fused-ring (bicyclic) bond motifs is 1. The van der Waals surface area contributed by atoms with Gasteiger partial charge in [-0.3, -0.25) is 14.5 Å². The SMILES string of the molecule is CCN(CC)c1ccc(C2C3=C(CC(c4cccc(OC)c4OC)CC3=O)Nc3ccccc3N2C(C)=O)cc1. The van der Waals surface area contributed by atoms with Crippen molar-refractivity contribution in [2.75, 3.05) is 42.4 Å². The number of benzene rings is 3. The van der Waals surface area contributed by atoms with E-state index in [1.807, 2.05) is 42.5 Å². The van der Waals surface area contributed by atoms with Crippen molar-refractivity contribution >= 4 is 28.8 Å². The summed E-state index contributed by atoms with van der Waals surface area (Å²) in [4.78, 5) is 31.5. The molecule has 3 aromatic rings.